The molecule has 168 valence electrons. The van der Waals surface area contributed by atoms with Crippen molar-refractivity contribution >= 4 is 17.4 Å². The van der Waals surface area contributed by atoms with Crippen molar-refractivity contribution in [3.05, 3.63) is 107 Å². The highest BCUT2D eigenvalue weighted by Gasteiger charge is 2.46. The van der Waals surface area contributed by atoms with Gasteiger partial charge < -0.3 is 14.7 Å². The van der Waals surface area contributed by atoms with Crippen LogP contribution in [0, 0.1) is 0 Å². The van der Waals surface area contributed by atoms with Crippen LogP contribution in [0.3, 0.4) is 0 Å². The first-order valence-electron chi connectivity index (χ1n) is 11.2. The summed E-state index contributed by atoms with van der Waals surface area (Å²) in [6.07, 6.45) is 2.02. The second-order valence-corrected chi connectivity index (χ2v) is 8.05. The Kier molecular flexibility index (Phi) is 6.89. The molecular weight excluding hydrogens is 414 g/mol. The summed E-state index contributed by atoms with van der Waals surface area (Å²) in [5.41, 5.74) is 2.25. The van der Waals surface area contributed by atoms with E-state index in [9.17, 15) is 14.7 Å². The number of hydrogen-bond acceptors (Lipinski definition) is 4. The average Bonchev–Trinajstić information content (AvgIpc) is 3.10. The van der Waals surface area contributed by atoms with Crippen LogP contribution in [0.4, 0.5) is 0 Å². The van der Waals surface area contributed by atoms with Gasteiger partial charge in [0.2, 0.25) is 0 Å². The van der Waals surface area contributed by atoms with Crippen molar-refractivity contribution < 1.29 is 19.4 Å². The van der Waals surface area contributed by atoms with Gasteiger partial charge in [-0.2, -0.15) is 0 Å². The standard InChI is InChI=1S/C28H27NO4/c1-2-3-18-33-23-16-14-21(15-17-23)25-24(26(30)22-12-8-5-9-13-22)27(31)28(32)29(25)19-20-10-6-4-7-11-20/h4-17,25,30H,2-3,18-19H2,1H3. The quantitative estimate of drug-likeness (QED) is 0.217. The third-order valence-electron chi connectivity index (χ3n) is 5.75. The van der Waals surface area contributed by atoms with Crippen LogP contribution in [0.2, 0.25) is 0 Å². The zero-order valence-corrected chi connectivity index (χ0v) is 18.6. The van der Waals surface area contributed by atoms with Crippen LogP contribution in [0.15, 0.2) is 90.5 Å². The van der Waals surface area contributed by atoms with E-state index in [0.717, 1.165) is 29.7 Å². The average molecular weight is 442 g/mol. The Morgan fingerprint density at radius 1 is 0.909 bits per heavy atom. The first-order chi connectivity index (χ1) is 16.1. The number of aliphatic hydroxyl groups excluding tert-OH is 1. The number of hydrogen-bond donors (Lipinski definition) is 1. The minimum atomic E-state index is -0.699. The van der Waals surface area contributed by atoms with Crippen molar-refractivity contribution in [1.82, 2.24) is 4.90 Å². The molecule has 5 nitrogen and oxygen atoms in total. The smallest absolute Gasteiger partial charge is 0.295 e. The van der Waals surface area contributed by atoms with E-state index < -0.39 is 17.7 Å². The molecule has 3 aromatic carbocycles. The fraction of sp³-hybridized carbons (Fsp3) is 0.214. The van der Waals surface area contributed by atoms with Gasteiger partial charge in [0, 0.05) is 12.1 Å². The van der Waals surface area contributed by atoms with E-state index >= 15 is 0 Å². The number of ether oxygens (including phenoxy) is 1. The highest BCUT2D eigenvalue weighted by atomic mass is 16.5. The number of carbonyl (C=O) groups excluding carboxylic acids is 2. The van der Waals surface area contributed by atoms with Crippen molar-refractivity contribution in [3.8, 4) is 5.75 Å². The fourth-order valence-electron chi connectivity index (χ4n) is 4.00. The Bertz CT molecular complexity index is 1140. The Morgan fingerprint density at radius 3 is 2.18 bits per heavy atom. The summed E-state index contributed by atoms with van der Waals surface area (Å²) in [4.78, 5) is 27.7. The van der Waals surface area contributed by atoms with E-state index in [1.165, 1.54) is 4.90 Å². The minimum Gasteiger partial charge on any atom is -0.507 e. The van der Waals surface area contributed by atoms with Crippen LogP contribution in [0.25, 0.3) is 5.76 Å². The second-order valence-electron chi connectivity index (χ2n) is 8.05. The number of unbranched alkanes of at least 4 members (excludes halogenated alkanes) is 1. The number of benzene rings is 3. The molecule has 1 amide bonds. The Balaban J connectivity index is 1.75. The Labute approximate surface area is 193 Å². The van der Waals surface area contributed by atoms with Gasteiger partial charge in [0.15, 0.2) is 0 Å². The lowest BCUT2D eigenvalue weighted by Gasteiger charge is -2.25. The van der Waals surface area contributed by atoms with Crippen LogP contribution < -0.4 is 4.74 Å². The number of Topliss-reactive ketones (excluding diaryl/α,β-unsaturated/α-hetero) is 1. The Hall–Kier alpha value is -3.86. The molecule has 0 spiro atoms. The molecule has 0 saturated carbocycles. The summed E-state index contributed by atoms with van der Waals surface area (Å²) in [6.45, 7) is 3.00. The maximum Gasteiger partial charge on any atom is 0.295 e. The summed E-state index contributed by atoms with van der Waals surface area (Å²) in [6, 6.07) is 25.1. The monoisotopic (exact) mass is 441 g/mol. The molecule has 1 atom stereocenters. The molecule has 1 aliphatic heterocycles. The first-order valence-corrected chi connectivity index (χ1v) is 11.2. The molecule has 0 radical (unpaired) electrons. The first kappa shape index (κ1) is 22.3. The summed E-state index contributed by atoms with van der Waals surface area (Å²) in [7, 11) is 0. The molecule has 4 rings (SSSR count). The van der Waals surface area contributed by atoms with Gasteiger partial charge in [-0.3, -0.25) is 9.59 Å². The molecule has 3 aromatic rings. The largest absolute Gasteiger partial charge is 0.507 e. The number of likely N-dealkylation sites (tertiary alicyclic amines) is 1. The van der Waals surface area contributed by atoms with E-state index in [1.54, 1.807) is 24.3 Å². The lowest BCUT2D eigenvalue weighted by Crippen LogP contribution is -2.29. The fourth-order valence-corrected chi connectivity index (χ4v) is 4.00. The van der Waals surface area contributed by atoms with Gasteiger partial charge in [0.25, 0.3) is 11.7 Å². The Morgan fingerprint density at radius 2 is 1.55 bits per heavy atom. The molecule has 1 aliphatic rings. The number of rotatable bonds is 8. The van der Waals surface area contributed by atoms with Crippen LogP contribution in [0.5, 0.6) is 5.75 Å². The van der Waals surface area contributed by atoms with Crippen LogP contribution >= 0.6 is 0 Å². The van der Waals surface area contributed by atoms with Crippen LogP contribution in [0.1, 0.15) is 42.5 Å². The van der Waals surface area contributed by atoms with Gasteiger partial charge in [0.05, 0.1) is 18.2 Å². The zero-order valence-electron chi connectivity index (χ0n) is 18.6. The third kappa shape index (κ3) is 4.82. The van der Waals surface area contributed by atoms with Gasteiger partial charge in [-0.25, -0.2) is 0 Å². The van der Waals surface area contributed by atoms with Gasteiger partial charge in [-0.15, -0.1) is 0 Å². The van der Waals surface area contributed by atoms with Gasteiger partial charge in [0.1, 0.15) is 11.5 Å². The molecule has 0 bridgehead atoms. The molecule has 0 aliphatic carbocycles. The lowest BCUT2D eigenvalue weighted by atomic mass is 9.95. The number of amides is 1. The number of carbonyl (C=O) groups is 2. The van der Waals surface area contributed by atoms with E-state index in [4.69, 9.17) is 4.74 Å². The highest BCUT2D eigenvalue weighted by Crippen LogP contribution is 2.40. The van der Waals surface area contributed by atoms with Crippen LogP contribution in [-0.2, 0) is 16.1 Å². The predicted molar refractivity (Wildman–Crippen MR) is 128 cm³/mol. The maximum atomic E-state index is 13.1. The molecule has 5 heteroatoms. The molecule has 1 saturated heterocycles. The molecular formula is C28H27NO4. The van der Waals surface area contributed by atoms with Gasteiger partial charge >= 0.3 is 0 Å². The molecule has 1 fully saturated rings. The van der Waals surface area contributed by atoms with E-state index in [-0.39, 0.29) is 17.9 Å². The van der Waals surface area contributed by atoms with E-state index in [1.807, 2.05) is 60.7 Å². The van der Waals surface area contributed by atoms with E-state index in [2.05, 4.69) is 6.92 Å². The minimum absolute atomic E-state index is 0.0989. The van der Waals surface area contributed by atoms with Gasteiger partial charge in [-0.05, 0) is 29.7 Å². The predicted octanol–water partition coefficient (Wildman–Crippen LogP) is 5.49. The third-order valence-corrected chi connectivity index (χ3v) is 5.75. The lowest BCUT2D eigenvalue weighted by molar-refractivity contribution is -0.140. The van der Waals surface area contributed by atoms with Crippen molar-refractivity contribution in [2.24, 2.45) is 0 Å². The maximum absolute atomic E-state index is 13.1. The molecule has 1 unspecified atom stereocenters. The topological polar surface area (TPSA) is 66.8 Å². The zero-order chi connectivity index (χ0) is 23.2. The number of nitrogens with zero attached hydrogens (tertiary/aromatic N) is 1. The molecule has 1 N–H and O–H groups in total. The second kappa shape index (κ2) is 10.2. The SMILES string of the molecule is CCCCOc1ccc(C2C(=C(O)c3ccccc3)C(=O)C(=O)N2Cc2ccccc2)cc1. The highest BCUT2D eigenvalue weighted by molar-refractivity contribution is 6.46. The van der Waals surface area contributed by atoms with Crippen molar-refractivity contribution in [2.75, 3.05) is 6.61 Å². The summed E-state index contributed by atoms with van der Waals surface area (Å²) < 4.78 is 5.76. The summed E-state index contributed by atoms with van der Waals surface area (Å²) in [5, 5.41) is 11.1. The summed E-state index contributed by atoms with van der Waals surface area (Å²) >= 11 is 0. The normalized spacial score (nSPS) is 17.4. The van der Waals surface area contributed by atoms with E-state index in [0.29, 0.717) is 12.2 Å². The number of ketones is 1. The number of aliphatic hydroxyl groups is 1. The molecule has 1 heterocycles. The molecule has 33 heavy (non-hydrogen) atoms. The summed E-state index contributed by atoms with van der Waals surface area (Å²) in [5.74, 6) is -0.738. The van der Waals surface area contributed by atoms with Crippen molar-refractivity contribution in [3.63, 3.8) is 0 Å². The molecule has 0 aromatic heterocycles. The van der Waals surface area contributed by atoms with Gasteiger partial charge in [-0.1, -0.05) is 86.1 Å². The van der Waals surface area contributed by atoms with Crippen molar-refractivity contribution in [2.45, 2.75) is 32.4 Å². The van der Waals surface area contributed by atoms with Crippen molar-refractivity contribution in [1.29, 1.82) is 0 Å². The van der Waals surface area contributed by atoms with Crippen LogP contribution in [-0.4, -0.2) is 28.3 Å².